The molecule has 0 saturated heterocycles. The number of nitrogens with one attached hydrogen (secondary N) is 1. The summed E-state index contributed by atoms with van der Waals surface area (Å²) in [6, 6.07) is 3.26. The number of esters is 1. The quantitative estimate of drug-likeness (QED) is 0.749. The van der Waals surface area contributed by atoms with Gasteiger partial charge >= 0.3 is 5.97 Å². The molecule has 118 valence electrons. The Balaban J connectivity index is 2.80. The molecule has 2 atom stereocenters. The van der Waals surface area contributed by atoms with E-state index in [0.717, 1.165) is 18.6 Å². The van der Waals surface area contributed by atoms with E-state index in [2.05, 4.69) is 5.32 Å². The van der Waals surface area contributed by atoms with Crippen molar-refractivity contribution in [2.45, 2.75) is 52.1 Å². The second-order valence-corrected chi connectivity index (χ2v) is 5.12. The predicted molar refractivity (Wildman–Crippen MR) is 78.0 cm³/mol. The van der Waals surface area contributed by atoms with Crippen LogP contribution in [0.25, 0.3) is 0 Å². The Hall–Kier alpha value is -1.49. The first-order chi connectivity index (χ1) is 9.96. The normalized spacial score (nSPS) is 13.8. The van der Waals surface area contributed by atoms with Gasteiger partial charge in [0.05, 0.1) is 13.0 Å². The lowest BCUT2D eigenvalue weighted by Crippen LogP contribution is -2.39. The number of hydrogen-bond acceptors (Lipinski definition) is 3. The van der Waals surface area contributed by atoms with Crippen LogP contribution in [-0.2, 0) is 16.0 Å². The molecule has 0 aliphatic rings. The van der Waals surface area contributed by atoms with Crippen molar-refractivity contribution < 1.29 is 18.3 Å². The topological polar surface area (TPSA) is 38.3 Å². The molecule has 1 rings (SSSR count). The van der Waals surface area contributed by atoms with Gasteiger partial charge in [-0.05, 0) is 50.5 Å². The Morgan fingerprint density at radius 3 is 2.67 bits per heavy atom. The molecule has 0 saturated carbocycles. The Morgan fingerprint density at radius 1 is 1.33 bits per heavy atom. The van der Waals surface area contributed by atoms with E-state index in [4.69, 9.17) is 4.74 Å². The summed E-state index contributed by atoms with van der Waals surface area (Å²) >= 11 is 0. The molecule has 0 aliphatic heterocycles. The second-order valence-electron chi connectivity index (χ2n) is 5.12. The van der Waals surface area contributed by atoms with Crippen LogP contribution in [0.1, 0.15) is 39.2 Å². The first-order valence-corrected chi connectivity index (χ1v) is 7.31. The summed E-state index contributed by atoms with van der Waals surface area (Å²) in [6.45, 7) is 6.05. The molecule has 0 radical (unpaired) electrons. The Bertz CT molecular complexity index is 466. The molecule has 1 aromatic rings. The standard InChI is InChI=1S/C16H23F2NO2/c1-4-11(3)19-14(10-16(20)21-5-2)9-12-8-13(17)6-7-15(12)18/h6-8,11,14,19H,4-5,9-10H2,1-3H3. The van der Waals surface area contributed by atoms with Gasteiger partial charge in [-0.2, -0.15) is 0 Å². The summed E-state index contributed by atoms with van der Waals surface area (Å²) in [6.07, 6.45) is 1.26. The lowest BCUT2D eigenvalue weighted by Gasteiger charge is -2.22. The van der Waals surface area contributed by atoms with Gasteiger partial charge in [0.15, 0.2) is 0 Å². The smallest absolute Gasteiger partial charge is 0.307 e. The zero-order valence-electron chi connectivity index (χ0n) is 12.8. The van der Waals surface area contributed by atoms with Gasteiger partial charge in [0.25, 0.3) is 0 Å². The van der Waals surface area contributed by atoms with Crippen LogP contribution in [0.2, 0.25) is 0 Å². The summed E-state index contributed by atoms with van der Waals surface area (Å²) in [7, 11) is 0. The van der Waals surface area contributed by atoms with Gasteiger partial charge in [-0.15, -0.1) is 0 Å². The maximum absolute atomic E-state index is 13.7. The van der Waals surface area contributed by atoms with Gasteiger partial charge in [0.1, 0.15) is 11.6 Å². The number of benzene rings is 1. The molecule has 0 fully saturated rings. The fourth-order valence-electron chi connectivity index (χ4n) is 2.10. The van der Waals surface area contributed by atoms with Crippen LogP contribution >= 0.6 is 0 Å². The van der Waals surface area contributed by atoms with Gasteiger partial charge in [0.2, 0.25) is 0 Å². The van der Waals surface area contributed by atoms with E-state index >= 15 is 0 Å². The third kappa shape index (κ3) is 6.21. The average molecular weight is 299 g/mol. The third-order valence-corrected chi connectivity index (χ3v) is 3.33. The van der Waals surface area contributed by atoms with Crippen molar-refractivity contribution in [3.05, 3.63) is 35.4 Å². The largest absolute Gasteiger partial charge is 0.466 e. The molecule has 0 bridgehead atoms. The van der Waals surface area contributed by atoms with Crippen LogP contribution in [-0.4, -0.2) is 24.7 Å². The summed E-state index contributed by atoms with van der Waals surface area (Å²) < 4.78 is 31.9. The second kappa shape index (κ2) is 8.72. The van der Waals surface area contributed by atoms with Crippen molar-refractivity contribution in [2.75, 3.05) is 6.61 Å². The minimum absolute atomic E-state index is 0.133. The molecule has 0 spiro atoms. The van der Waals surface area contributed by atoms with Crippen molar-refractivity contribution in [3.63, 3.8) is 0 Å². The number of rotatable bonds is 8. The predicted octanol–water partition coefficient (Wildman–Crippen LogP) is 3.22. The molecule has 1 aromatic carbocycles. The Morgan fingerprint density at radius 2 is 2.05 bits per heavy atom. The molecule has 21 heavy (non-hydrogen) atoms. The number of hydrogen-bond donors (Lipinski definition) is 1. The van der Waals surface area contributed by atoms with Crippen molar-refractivity contribution in [1.29, 1.82) is 0 Å². The minimum Gasteiger partial charge on any atom is -0.466 e. The summed E-state index contributed by atoms with van der Waals surface area (Å²) in [4.78, 5) is 11.6. The molecule has 2 unspecified atom stereocenters. The molecule has 3 nitrogen and oxygen atoms in total. The number of halogens is 2. The highest BCUT2D eigenvalue weighted by molar-refractivity contribution is 5.70. The highest BCUT2D eigenvalue weighted by Gasteiger charge is 2.19. The van der Waals surface area contributed by atoms with E-state index in [1.165, 1.54) is 6.07 Å². The maximum atomic E-state index is 13.7. The van der Waals surface area contributed by atoms with E-state index < -0.39 is 11.6 Å². The first kappa shape index (κ1) is 17.6. The van der Waals surface area contributed by atoms with Crippen LogP contribution in [0.4, 0.5) is 8.78 Å². The molecule has 1 N–H and O–H groups in total. The lowest BCUT2D eigenvalue weighted by atomic mass is 10.0. The van der Waals surface area contributed by atoms with E-state index in [1.54, 1.807) is 6.92 Å². The molecule has 5 heteroatoms. The number of ether oxygens (including phenoxy) is 1. The molecule has 0 aliphatic carbocycles. The summed E-state index contributed by atoms with van der Waals surface area (Å²) in [5.41, 5.74) is 0.264. The molecule has 0 heterocycles. The minimum atomic E-state index is -0.482. The average Bonchev–Trinajstić information content (AvgIpc) is 2.42. The maximum Gasteiger partial charge on any atom is 0.307 e. The Kier molecular flexibility index (Phi) is 7.29. The first-order valence-electron chi connectivity index (χ1n) is 7.31. The SMILES string of the molecule is CCOC(=O)CC(Cc1cc(F)ccc1F)NC(C)CC. The Labute approximate surface area is 124 Å². The van der Waals surface area contributed by atoms with Gasteiger partial charge in [-0.1, -0.05) is 6.92 Å². The fraction of sp³-hybridized carbons (Fsp3) is 0.562. The monoisotopic (exact) mass is 299 g/mol. The van der Waals surface area contributed by atoms with Crippen molar-refractivity contribution in [2.24, 2.45) is 0 Å². The molecular weight excluding hydrogens is 276 g/mol. The molecule has 0 aromatic heterocycles. The molecular formula is C16H23F2NO2. The van der Waals surface area contributed by atoms with E-state index in [1.807, 2.05) is 13.8 Å². The summed E-state index contributed by atoms with van der Waals surface area (Å²) in [5.74, 6) is -1.28. The van der Waals surface area contributed by atoms with Crippen LogP contribution in [0.5, 0.6) is 0 Å². The van der Waals surface area contributed by atoms with Crippen LogP contribution in [0, 0.1) is 11.6 Å². The zero-order chi connectivity index (χ0) is 15.8. The van der Waals surface area contributed by atoms with Crippen molar-refractivity contribution >= 4 is 5.97 Å². The number of carbonyl (C=O) groups is 1. The zero-order valence-corrected chi connectivity index (χ0v) is 12.8. The van der Waals surface area contributed by atoms with Crippen LogP contribution in [0.3, 0.4) is 0 Å². The van der Waals surface area contributed by atoms with E-state index in [9.17, 15) is 13.6 Å². The molecule has 0 amide bonds. The van der Waals surface area contributed by atoms with Gasteiger partial charge < -0.3 is 10.1 Å². The highest BCUT2D eigenvalue weighted by atomic mass is 19.1. The third-order valence-electron chi connectivity index (χ3n) is 3.33. The van der Waals surface area contributed by atoms with Crippen molar-refractivity contribution in [1.82, 2.24) is 5.32 Å². The fourth-order valence-corrected chi connectivity index (χ4v) is 2.10. The highest BCUT2D eigenvalue weighted by Crippen LogP contribution is 2.14. The number of carbonyl (C=O) groups excluding carboxylic acids is 1. The van der Waals surface area contributed by atoms with Gasteiger partial charge in [-0.25, -0.2) is 8.78 Å². The lowest BCUT2D eigenvalue weighted by molar-refractivity contribution is -0.143. The summed E-state index contributed by atoms with van der Waals surface area (Å²) in [5, 5.41) is 3.26. The van der Waals surface area contributed by atoms with Crippen LogP contribution in [0.15, 0.2) is 18.2 Å². The van der Waals surface area contributed by atoms with Crippen molar-refractivity contribution in [3.8, 4) is 0 Å². The van der Waals surface area contributed by atoms with E-state index in [0.29, 0.717) is 6.61 Å². The van der Waals surface area contributed by atoms with E-state index in [-0.39, 0.29) is 36.5 Å². The van der Waals surface area contributed by atoms with Gasteiger partial charge in [0, 0.05) is 12.1 Å². The van der Waals surface area contributed by atoms with Crippen LogP contribution < -0.4 is 5.32 Å². The van der Waals surface area contributed by atoms with Gasteiger partial charge in [-0.3, -0.25) is 4.79 Å².